The number of aromatic nitrogens is 3. The van der Waals surface area contributed by atoms with Crippen LogP contribution in [0.4, 0.5) is 0 Å². The van der Waals surface area contributed by atoms with Crippen LogP contribution in [0.5, 0.6) is 0 Å². The summed E-state index contributed by atoms with van der Waals surface area (Å²) in [5.74, 6) is 1.43. The summed E-state index contributed by atoms with van der Waals surface area (Å²) < 4.78 is 34.1. The Balaban J connectivity index is 1.82. The van der Waals surface area contributed by atoms with Gasteiger partial charge in [0.05, 0.1) is 21.5 Å². The molecule has 0 unspecified atom stereocenters. The van der Waals surface area contributed by atoms with Crippen LogP contribution in [0.3, 0.4) is 0 Å². The standard InChI is InChI=1S/C23H26N4O3S/c1-23(2,3)22-26-19-13-18(31(28,29)21-17(14-24)5-4-10-25-21)6-7-20(19)27(22)15-16-8-11-30-12-9-16/h4-7,10,13,16H,8-9,11-12,15H2,1-3H3. The molecule has 1 aromatic carbocycles. The van der Waals surface area contributed by atoms with E-state index in [4.69, 9.17) is 9.72 Å². The van der Waals surface area contributed by atoms with Crippen molar-refractivity contribution in [1.29, 1.82) is 5.26 Å². The van der Waals surface area contributed by atoms with Crippen molar-refractivity contribution in [3.63, 3.8) is 0 Å². The van der Waals surface area contributed by atoms with Gasteiger partial charge in [0.2, 0.25) is 9.84 Å². The van der Waals surface area contributed by atoms with Gasteiger partial charge in [0.15, 0.2) is 5.03 Å². The quantitative estimate of drug-likeness (QED) is 0.613. The third-order valence-electron chi connectivity index (χ3n) is 5.63. The molecule has 0 aliphatic carbocycles. The predicted molar refractivity (Wildman–Crippen MR) is 116 cm³/mol. The monoisotopic (exact) mass is 438 g/mol. The number of fused-ring (bicyclic) bond motifs is 1. The predicted octanol–water partition coefficient (Wildman–Crippen LogP) is 3.86. The van der Waals surface area contributed by atoms with Crippen molar-refractivity contribution in [2.24, 2.45) is 5.92 Å². The number of hydrogen-bond donors (Lipinski definition) is 0. The van der Waals surface area contributed by atoms with Crippen molar-refractivity contribution < 1.29 is 13.2 Å². The third kappa shape index (κ3) is 4.08. The van der Waals surface area contributed by atoms with Crippen molar-refractivity contribution in [1.82, 2.24) is 14.5 Å². The van der Waals surface area contributed by atoms with Gasteiger partial charge in [0.1, 0.15) is 11.9 Å². The molecule has 0 amide bonds. The minimum absolute atomic E-state index is 0.0306. The zero-order valence-corrected chi connectivity index (χ0v) is 18.8. The Hall–Kier alpha value is -2.76. The fraction of sp³-hybridized carbons (Fsp3) is 0.435. The summed E-state index contributed by atoms with van der Waals surface area (Å²) in [6.07, 6.45) is 3.39. The Morgan fingerprint density at radius 2 is 1.97 bits per heavy atom. The first-order valence-corrected chi connectivity index (χ1v) is 11.9. The van der Waals surface area contributed by atoms with Gasteiger partial charge in [0, 0.05) is 31.4 Å². The van der Waals surface area contributed by atoms with Crippen LogP contribution in [0, 0.1) is 17.2 Å². The maximum absolute atomic E-state index is 13.2. The van der Waals surface area contributed by atoms with Crippen LogP contribution < -0.4 is 0 Å². The Kier molecular flexibility index (Phi) is 5.58. The number of imidazole rings is 1. The number of sulfone groups is 1. The molecule has 0 radical (unpaired) electrons. The lowest BCUT2D eigenvalue weighted by Gasteiger charge is -2.26. The molecule has 0 bridgehead atoms. The molecule has 4 rings (SSSR count). The molecule has 1 fully saturated rings. The molecule has 1 aliphatic rings. The van der Waals surface area contributed by atoms with Gasteiger partial charge >= 0.3 is 0 Å². The van der Waals surface area contributed by atoms with Crippen molar-refractivity contribution in [3.05, 3.63) is 47.9 Å². The third-order valence-corrected chi connectivity index (χ3v) is 7.34. The van der Waals surface area contributed by atoms with Gasteiger partial charge in [-0.05, 0) is 49.1 Å². The largest absolute Gasteiger partial charge is 0.381 e. The van der Waals surface area contributed by atoms with E-state index in [0.717, 1.165) is 43.9 Å². The number of nitriles is 1. The highest BCUT2D eigenvalue weighted by Crippen LogP contribution is 2.31. The first kappa shape index (κ1) is 21.5. The first-order chi connectivity index (χ1) is 14.7. The second-order valence-electron chi connectivity index (χ2n) is 8.97. The molecule has 0 atom stereocenters. The molecule has 7 nitrogen and oxygen atoms in total. The van der Waals surface area contributed by atoms with E-state index in [1.54, 1.807) is 18.2 Å². The van der Waals surface area contributed by atoms with Crippen LogP contribution >= 0.6 is 0 Å². The van der Waals surface area contributed by atoms with E-state index >= 15 is 0 Å². The second kappa shape index (κ2) is 8.06. The maximum atomic E-state index is 13.2. The number of hydrogen-bond acceptors (Lipinski definition) is 6. The van der Waals surface area contributed by atoms with Gasteiger partial charge in [-0.3, -0.25) is 0 Å². The molecule has 31 heavy (non-hydrogen) atoms. The molecule has 0 saturated carbocycles. The fourth-order valence-corrected chi connectivity index (χ4v) is 5.36. The minimum atomic E-state index is -3.94. The lowest BCUT2D eigenvalue weighted by Crippen LogP contribution is -2.25. The second-order valence-corrected chi connectivity index (χ2v) is 10.8. The fourth-order valence-electron chi connectivity index (χ4n) is 4.02. The number of pyridine rings is 1. The maximum Gasteiger partial charge on any atom is 0.225 e. The lowest BCUT2D eigenvalue weighted by atomic mass is 9.94. The van der Waals surface area contributed by atoms with E-state index in [9.17, 15) is 13.7 Å². The van der Waals surface area contributed by atoms with Crippen LogP contribution in [0.2, 0.25) is 0 Å². The molecule has 3 heterocycles. The van der Waals surface area contributed by atoms with Crippen LogP contribution in [-0.4, -0.2) is 36.2 Å². The van der Waals surface area contributed by atoms with Crippen molar-refractivity contribution >= 4 is 20.9 Å². The van der Waals surface area contributed by atoms with E-state index < -0.39 is 9.84 Å². The summed E-state index contributed by atoms with van der Waals surface area (Å²) in [4.78, 5) is 8.90. The number of nitrogens with zero attached hydrogens (tertiary/aromatic N) is 4. The van der Waals surface area contributed by atoms with Crippen molar-refractivity contribution in [2.75, 3.05) is 13.2 Å². The van der Waals surface area contributed by atoms with Gasteiger partial charge in [-0.1, -0.05) is 20.8 Å². The number of ether oxygens (including phenoxy) is 1. The minimum Gasteiger partial charge on any atom is -0.381 e. The summed E-state index contributed by atoms with van der Waals surface area (Å²) in [5.41, 5.74) is 1.38. The highest BCUT2D eigenvalue weighted by Gasteiger charge is 2.28. The van der Waals surface area contributed by atoms with Crippen LogP contribution in [0.25, 0.3) is 11.0 Å². The lowest BCUT2D eigenvalue weighted by molar-refractivity contribution is 0.0611. The van der Waals surface area contributed by atoms with Crippen LogP contribution in [0.15, 0.2) is 46.5 Å². The van der Waals surface area contributed by atoms with Crippen molar-refractivity contribution in [3.8, 4) is 6.07 Å². The Bertz CT molecular complexity index is 1260. The molecule has 1 aliphatic heterocycles. The van der Waals surface area contributed by atoms with Gasteiger partial charge < -0.3 is 9.30 Å². The number of rotatable bonds is 4. The molecule has 162 valence electrons. The zero-order valence-electron chi connectivity index (χ0n) is 18.0. The molecule has 2 aromatic heterocycles. The summed E-state index contributed by atoms with van der Waals surface area (Å²) in [7, 11) is -3.94. The molecule has 0 spiro atoms. The zero-order chi connectivity index (χ0) is 22.2. The average Bonchev–Trinajstić information content (AvgIpc) is 3.12. The summed E-state index contributed by atoms with van der Waals surface area (Å²) >= 11 is 0. The summed E-state index contributed by atoms with van der Waals surface area (Å²) in [6, 6.07) is 9.92. The molecular weight excluding hydrogens is 412 g/mol. The highest BCUT2D eigenvalue weighted by molar-refractivity contribution is 7.91. The van der Waals surface area contributed by atoms with E-state index in [2.05, 4.69) is 30.3 Å². The summed E-state index contributed by atoms with van der Waals surface area (Å²) in [6.45, 7) is 8.71. The Morgan fingerprint density at radius 1 is 1.23 bits per heavy atom. The van der Waals surface area contributed by atoms with E-state index in [1.165, 1.54) is 12.3 Å². The van der Waals surface area contributed by atoms with Crippen LogP contribution in [0.1, 0.15) is 45.0 Å². The van der Waals surface area contributed by atoms with Gasteiger partial charge in [-0.25, -0.2) is 18.4 Å². The summed E-state index contributed by atoms with van der Waals surface area (Å²) in [5, 5.41) is 9.08. The molecule has 3 aromatic rings. The van der Waals surface area contributed by atoms with E-state index in [0.29, 0.717) is 11.4 Å². The first-order valence-electron chi connectivity index (χ1n) is 10.4. The molecule has 1 saturated heterocycles. The SMILES string of the molecule is CC(C)(C)c1nc2cc(S(=O)(=O)c3ncccc3C#N)ccc2n1CC1CCOCC1. The average molecular weight is 439 g/mol. The van der Waals surface area contributed by atoms with Gasteiger partial charge in [-0.15, -0.1) is 0 Å². The Morgan fingerprint density at radius 3 is 2.65 bits per heavy atom. The van der Waals surface area contributed by atoms with Gasteiger partial charge in [0.25, 0.3) is 0 Å². The van der Waals surface area contributed by atoms with E-state index in [1.807, 2.05) is 12.1 Å². The Labute approximate surface area is 182 Å². The van der Waals surface area contributed by atoms with E-state index in [-0.39, 0.29) is 20.9 Å². The highest BCUT2D eigenvalue weighted by atomic mass is 32.2. The number of benzene rings is 1. The molecule has 8 heteroatoms. The van der Waals surface area contributed by atoms with Gasteiger partial charge in [-0.2, -0.15) is 5.26 Å². The van der Waals surface area contributed by atoms with Crippen molar-refractivity contribution in [2.45, 2.75) is 55.5 Å². The topological polar surface area (TPSA) is 97.9 Å². The normalized spacial score (nSPS) is 15.8. The van der Waals surface area contributed by atoms with Crippen LogP contribution in [-0.2, 0) is 26.5 Å². The molecular formula is C23H26N4O3S. The smallest absolute Gasteiger partial charge is 0.225 e. The molecule has 0 N–H and O–H groups in total.